The Hall–Kier alpha value is -1.57. The maximum absolute atomic E-state index is 11.7. The van der Waals surface area contributed by atoms with Gasteiger partial charge in [0.25, 0.3) is 0 Å². The molecule has 2 rings (SSSR count). The van der Waals surface area contributed by atoms with Gasteiger partial charge in [0.2, 0.25) is 0 Å². The number of aliphatic hydroxyl groups is 1. The summed E-state index contributed by atoms with van der Waals surface area (Å²) >= 11 is 0. The number of hydrogen-bond donors (Lipinski definition) is 4. The second-order valence-electron chi connectivity index (χ2n) is 7.03. The van der Waals surface area contributed by atoms with E-state index in [1.165, 1.54) is 0 Å². The Morgan fingerprint density at radius 3 is 2.26 bits per heavy atom. The first-order valence-corrected chi connectivity index (χ1v) is 7.84. The van der Waals surface area contributed by atoms with Crippen molar-refractivity contribution in [3.8, 4) is 0 Å². The predicted octanol–water partition coefficient (Wildman–Crippen LogP) is 1.22. The average molecular weight is 320 g/mol. The third kappa shape index (κ3) is 4.96. The quantitative estimate of drug-likeness (QED) is 0.593. The third-order valence-corrected chi connectivity index (χ3v) is 4.25. The Labute approximate surface area is 137 Å². The van der Waals surface area contributed by atoms with Gasteiger partial charge in [-0.25, -0.2) is 4.79 Å². The van der Waals surface area contributed by atoms with Crippen molar-refractivity contribution < 1.29 is 19.6 Å². The van der Waals surface area contributed by atoms with Gasteiger partial charge >= 0.3 is 13.1 Å². The van der Waals surface area contributed by atoms with Crippen molar-refractivity contribution in [1.29, 1.82) is 0 Å². The molecule has 7 heteroatoms. The summed E-state index contributed by atoms with van der Waals surface area (Å²) in [6.07, 6.45) is 2.07. The molecule has 1 aromatic carbocycles. The van der Waals surface area contributed by atoms with Crippen LogP contribution < -0.4 is 16.1 Å². The largest absolute Gasteiger partial charge is 0.491 e. The van der Waals surface area contributed by atoms with Gasteiger partial charge in [-0.15, -0.1) is 0 Å². The lowest BCUT2D eigenvalue weighted by Gasteiger charge is -2.38. The Bertz CT molecular complexity index is 550. The number of carbonyl (C=O) groups excluding carboxylic acids is 1. The zero-order valence-corrected chi connectivity index (χ0v) is 14.1. The molecule has 0 spiro atoms. The Morgan fingerprint density at radius 2 is 1.78 bits per heavy atom. The second-order valence-corrected chi connectivity index (χ2v) is 7.03. The summed E-state index contributed by atoms with van der Waals surface area (Å²) in [6.45, 7) is 6.69. The molecular formula is C16H25BN2O4. The van der Waals surface area contributed by atoms with Crippen LogP contribution in [-0.2, 0) is 4.65 Å². The minimum atomic E-state index is -1.16. The van der Waals surface area contributed by atoms with Crippen LogP contribution in [0.4, 0.5) is 10.5 Å². The first kappa shape index (κ1) is 17.8. The fraction of sp³-hybridized carbons (Fsp3) is 0.562. The lowest BCUT2D eigenvalue weighted by molar-refractivity contribution is -0.0982. The molecule has 0 radical (unpaired) electrons. The second kappa shape index (κ2) is 6.51. The van der Waals surface area contributed by atoms with Crippen LogP contribution in [0.25, 0.3) is 0 Å². The van der Waals surface area contributed by atoms with Crippen molar-refractivity contribution in [2.24, 2.45) is 0 Å². The summed E-state index contributed by atoms with van der Waals surface area (Å²) in [5, 5.41) is 25.8. The van der Waals surface area contributed by atoms with Crippen LogP contribution >= 0.6 is 0 Å². The van der Waals surface area contributed by atoms with E-state index in [4.69, 9.17) is 4.65 Å². The molecule has 4 N–H and O–H groups in total. The molecule has 126 valence electrons. The van der Waals surface area contributed by atoms with Gasteiger partial charge in [-0.2, -0.15) is 0 Å². The molecule has 0 unspecified atom stereocenters. The van der Waals surface area contributed by atoms with Gasteiger partial charge in [0.1, 0.15) is 0 Å². The average Bonchev–Trinajstić information content (AvgIpc) is 3.21. The van der Waals surface area contributed by atoms with E-state index in [-0.39, 0.29) is 6.03 Å². The topological polar surface area (TPSA) is 90.8 Å². The van der Waals surface area contributed by atoms with Crippen LogP contribution in [0.2, 0.25) is 0 Å². The molecule has 23 heavy (non-hydrogen) atoms. The number of hydrogen-bond acceptors (Lipinski definition) is 4. The van der Waals surface area contributed by atoms with Crippen LogP contribution in [0.15, 0.2) is 24.3 Å². The van der Waals surface area contributed by atoms with E-state index < -0.39 is 18.3 Å². The van der Waals surface area contributed by atoms with Gasteiger partial charge in [0.05, 0.1) is 11.2 Å². The first-order chi connectivity index (χ1) is 10.6. The molecule has 0 atom stereocenters. The minimum Gasteiger partial charge on any atom is -0.423 e. The maximum Gasteiger partial charge on any atom is 0.491 e. The highest BCUT2D eigenvalue weighted by Gasteiger charge is 2.39. The van der Waals surface area contributed by atoms with Crippen LogP contribution in [0.3, 0.4) is 0 Å². The summed E-state index contributed by atoms with van der Waals surface area (Å²) < 4.78 is 5.58. The molecule has 6 nitrogen and oxygen atoms in total. The van der Waals surface area contributed by atoms with Crippen molar-refractivity contribution in [3.63, 3.8) is 0 Å². The van der Waals surface area contributed by atoms with Crippen molar-refractivity contribution in [1.82, 2.24) is 5.32 Å². The lowest BCUT2D eigenvalue weighted by Crippen LogP contribution is -2.53. The van der Waals surface area contributed by atoms with E-state index in [1.807, 2.05) is 0 Å². The summed E-state index contributed by atoms with van der Waals surface area (Å²) in [5.41, 5.74) is -0.833. The highest BCUT2D eigenvalue weighted by atomic mass is 16.5. The van der Waals surface area contributed by atoms with Crippen molar-refractivity contribution in [3.05, 3.63) is 24.3 Å². The first-order valence-electron chi connectivity index (χ1n) is 7.84. The van der Waals surface area contributed by atoms with Crippen LogP contribution in [0.1, 0.15) is 40.5 Å². The van der Waals surface area contributed by atoms with Gasteiger partial charge in [0.15, 0.2) is 0 Å². The third-order valence-electron chi connectivity index (χ3n) is 4.25. The number of nitrogens with one attached hydrogen (secondary N) is 2. The SMILES string of the molecule is CC(C)(O)C(C)(C)OB(O)c1ccc(NC(=O)NC2CC2)cc1. The summed E-state index contributed by atoms with van der Waals surface area (Å²) in [6, 6.07) is 6.83. The zero-order chi connectivity index (χ0) is 17.3. The Balaban J connectivity index is 1.94. The van der Waals surface area contributed by atoms with Crippen LogP contribution in [-0.4, -0.2) is 40.5 Å². The monoisotopic (exact) mass is 320 g/mol. The number of anilines is 1. The van der Waals surface area contributed by atoms with Crippen molar-refractivity contribution >= 4 is 24.3 Å². The van der Waals surface area contributed by atoms with Gasteiger partial charge < -0.3 is 25.4 Å². The van der Waals surface area contributed by atoms with Crippen molar-refractivity contribution in [2.45, 2.75) is 57.8 Å². The van der Waals surface area contributed by atoms with Gasteiger partial charge in [0, 0.05) is 11.7 Å². The molecule has 1 aliphatic rings. The number of carbonyl (C=O) groups is 1. The fourth-order valence-electron chi connectivity index (χ4n) is 1.80. The summed E-state index contributed by atoms with van der Waals surface area (Å²) in [5.74, 6) is 0. The van der Waals surface area contributed by atoms with E-state index in [0.29, 0.717) is 17.2 Å². The minimum absolute atomic E-state index is 0.222. The van der Waals surface area contributed by atoms with E-state index in [1.54, 1.807) is 52.0 Å². The Morgan fingerprint density at radius 1 is 1.22 bits per heavy atom. The summed E-state index contributed by atoms with van der Waals surface area (Å²) in [7, 11) is -1.16. The molecule has 1 saturated carbocycles. The molecule has 0 bridgehead atoms. The van der Waals surface area contributed by atoms with Gasteiger partial charge in [-0.1, -0.05) is 12.1 Å². The highest BCUT2D eigenvalue weighted by molar-refractivity contribution is 6.60. The van der Waals surface area contributed by atoms with Crippen molar-refractivity contribution in [2.75, 3.05) is 5.32 Å². The fourth-order valence-corrected chi connectivity index (χ4v) is 1.80. The molecule has 0 heterocycles. The zero-order valence-electron chi connectivity index (χ0n) is 14.1. The molecule has 1 aromatic rings. The molecular weight excluding hydrogens is 295 g/mol. The number of benzene rings is 1. The van der Waals surface area contributed by atoms with E-state index in [9.17, 15) is 14.9 Å². The molecule has 0 aromatic heterocycles. The van der Waals surface area contributed by atoms with E-state index >= 15 is 0 Å². The Kier molecular flexibility index (Phi) is 5.03. The van der Waals surface area contributed by atoms with Gasteiger partial charge in [-0.3, -0.25) is 0 Å². The van der Waals surface area contributed by atoms with Crippen LogP contribution in [0, 0.1) is 0 Å². The molecule has 1 aliphatic carbocycles. The van der Waals surface area contributed by atoms with E-state index in [0.717, 1.165) is 12.8 Å². The van der Waals surface area contributed by atoms with E-state index in [2.05, 4.69) is 10.6 Å². The molecule has 0 saturated heterocycles. The summed E-state index contributed by atoms with van der Waals surface area (Å²) in [4.78, 5) is 11.7. The molecule has 1 fully saturated rings. The number of rotatable bonds is 6. The molecule has 0 aliphatic heterocycles. The van der Waals surface area contributed by atoms with Crippen LogP contribution in [0.5, 0.6) is 0 Å². The smallest absolute Gasteiger partial charge is 0.423 e. The normalized spacial score (nSPS) is 15.2. The maximum atomic E-state index is 11.7. The molecule has 2 amide bonds. The van der Waals surface area contributed by atoms with Gasteiger partial charge in [-0.05, 0) is 58.1 Å². The lowest BCUT2D eigenvalue weighted by atomic mass is 9.76. The predicted molar refractivity (Wildman–Crippen MR) is 90.7 cm³/mol. The number of amides is 2. The highest BCUT2D eigenvalue weighted by Crippen LogP contribution is 2.25. The number of urea groups is 1. The standard InChI is InChI=1S/C16H25BN2O4/c1-15(2,21)16(3,4)23-17(22)11-5-7-12(8-6-11)18-14(20)19-13-9-10-13/h5-8,13,21-22H,9-10H2,1-4H3,(H2,18,19,20).